The molecule has 0 fully saturated rings. The lowest BCUT2D eigenvalue weighted by molar-refractivity contribution is 0.0848. The largest absolute Gasteiger partial charge is 0.292 e. The molecule has 0 aliphatic carbocycles. The van der Waals surface area contributed by atoms with Gasteiger partial charge in [-0.3, -0.25) is 9.59 Å². The number of thiophene rings is 1. The van der Waals surface area contributed by atoms with Crippen LogP contribution in [0.5, 0.6) is 0 Å². The number of aromatic nitrogens is 4. The summed E-state index contributed by atoms with van der Waals surface area (Å²) < 4.78 is 1.39. The Labute approximate surface area is 141 Å². The van der Waals surface area contributed by atoms with Gasteiger partial charge in [0.15, 0.2) is 17.5 Å². The third-order valence-corrected chi connectivity index (χ3v) is 4.40. The SMILES string of the molecule is Cc1ccc(C(=O)C(C#N)C(=O)c2cccc(-n3cnnn3)c2)s1. The normalized spacial score (nSPS) is 11.7. The van der Waals surface area contributed by atoms with Crippen molar-refractivity contribution in [3.8, 4) is 11.8 Å². The van der Waals surface area contributed by atoms with Crippen LogP contribution in [0.4, 0.5) is 0 Å². The number of hydrogen-bond donors (Lipinski definition) is 0. The molecule has 0 bridgehead atoms. The first-order valence-electron chi connectivity index (χ1n) is 6.98. The van der Waals surface area contributed by atoms with Crippen LogP contribution in [-0.4, -0.2) is 31.8 Å². The fourth-order valence-corrected chi connectivity index (χ4v) is 3.03. The van der Waals surface area contributed by atoms with Gasteiger partial charge in [-0.1, -0.05) is 12.1 Å². The molecular formula is C16H11N5O2S. The van der Waals surface area contributed by atoms with E-state index in [9.17, 15) is 14.9 Å². The number of nitrogens with zero attached hydrogens (tertiary/aromatic N) is 5. The van der Waals surface area contributed by atoms with Crippen molar-refractivity contribution in [1.29, 1.82) is 5.26 Å². The summed E-state index contributed by atoms with van der Waals surface area (Å²) in [4.78, 5) is 26.4. The highest BCUT2D eigenvalue weighted by molar-refractivity contribution is 7.14. The van der Waals surface area contributed by atoms with E-state index in [-0.39, 0.29) is 5.56 Å². The molecule has 0 N–H and O–H groups in total. The zero-order valence-corrected chi connectivity index (χ0v) is 13.4. The van der Waals surface area contributed by atoms with E-state index in [0.717, 1.165) is 4.88 Å². The monoisotopic (exact) mass is 337 g/mol. The zero-order valence-electron chi connectivity index (χ0n) is 12.6. The molecule has 1 atom stereocenters. The number of tetrazole rings is 1. The Morgan fingerprint density at radius 1 is 1.25 bits per heavy atom. The van der Waals surface area contributed by atoms with Crippen molar-refractivity contribution >= 4 is 22.9 Å². The molecule has 3 rings (SSSR count). The summed E-state index contributed by atoms with van der Waals surface area (Å²) in [7, 11) is 0. The summed E-state index contributed by atoms with van der Waals surface area (Å²) in [6.45, 7) is 1.86. The standard InChI is InChI=1S/C16H11N5O2S/c1-10-5-6-14(24-10)16(23)13(8-17)15(22)11-3-2-4-12(7-11)21-9-18-19-20-21/h2-7,9,13H,1H3. The molecule has 2 aromatic heterocycles. The van der Waals surface area contributed by atoms with Crippen molar-refractivity contribution in [1.82, 2.24) is 20.2 Å². The van der Waals surface area contributed by atoms with Crippen LogP contribution in [0.25, 0.3) is 5.69 Å². The summed E-state index contributed by atoms with van der Waals surface area (Å²) in [5, 5.41) is 20.2. The van der Waals surface area contributed by atoms with Crippen LogP contribution in [0.3, 0.4) is 0 Å². The van der Waals surface area contributed by atoms with Gasteiger partial charge in [0.05, 0.1) is 16.6 Å². The molecular weight excluding hydrogens is 326 g/mol. The summed E-state index contributed by atoms with van der Waals surface area (Å²) in [6.07, 6.45) is 1.39. The number of Topliss-reactive ketones (excluding diaryl/α,β-unsaturated/α-hetero) is 2. The predicted molar refractivity (Wildman–Crippen MR) is 86.0 cm³/mol. The third-order valence-electron chi connectivity index (χ3n) is 3.38. The second-order valence-electron chi connectivity index (χ2n) is 5.01. The Morgan fingerprint density at radius 2 is 2.08 bits per heavy atom. The molecule has 0 spiro atoms. The minimum atomic E-state index is -1.37. The van der Waals surface area contributed by atoms with Crippen LogP contribution in [0.15, 0.2) is 42.7 Å². The lowest BCUT2D eigenvalue weighted by Crippen LogP contribution is -2.22. The number of ketones is 2. The van der Waals surface area contributed by atoms with Crippen molar-refractivity contribution in [3.63, 3.8) is 0 Å². The second-order valence-corrected chi connectivity index (χ2v) is 6.29. The molecule has 1 aromatic carbocycles. The van der Waals surface area contributed by atoms with E-state index in [4.69, 9.17) is 0 Å². The first-order valence-corrected chi connectivity index (χ1v) is 7.79. The second kappa shape index (κ2) is 6.52. The van der Waals surface area contributed by atoms with Gasteiger partial charge in [-0.05, 0) is 41.6 Å². The molecule has 0 saturated carbocycles. The van der Waals surface area contributed by atoms with Crippen LogP contribution in [0, 0.1) is 24.2 Å². The molecule has 0 saturated heterocycles. The first-order chi connectivity index (χ1) is 11.6. The molecule has 24 heavy (non-hydrogen) atoms. The molecule has 3 aromatic rings. The van der Waals surface area contributed by atoms with Gasteiger partial charge in [0.2, 0.25) is 0 Å². The van der Waals surface area contributed by atoms with Crippen molar-refractivity contribution in [2.75, 3.05) is 0 Å². The highest BCUT2D eigenvalue weighted by Crippen LogP contribution is 2.22. The predicted octanol–water partition coefficient (Wildman–Crippen LogP) is 2.24. The van der Waals surface area contributed by atoms with Crippen LogP contribution in [-0.2, 0) is 0 Å². The highest BCUT2D eigenvalue weighted by atomic mass is 32.1. The van der Waals surface area contributed by atoms with Gasteiger partial charge in [-0.25, -0.2) is 4.68 Å². The molecule has 7 nitrogen and oxygen atoms in total. The van der Waals surface area contributed by atoms with E-state index < -0.39 is 17.5 Å². The minimum absolute atomic E-state index is 0.260. The van der Waals surface area contributed by atoms with E-state index >= 15 is 0 Å². The zero-order chi connectivity index (χ0) is 17.1. The molecule has 0 aliphatic heterocycles. The average molecular weight is 337 g/mol. The molecule has 2 heterocycles. The Balaban J connectivity index is 1.91. The number of carbonyl (C=O) groups excluding carboxylic acids is 2. The van der Waals surface area contributed by atoms with Gasteiger partial charge in [0, 0.05) is 10.4 Å². The van der Waals surface area contributed by atoms with Crippen LogP contribution in [0.1, 0.15) is 24.9 Å². The number of hydrogen-bond acceptors (Lipinski definition) is 7. The molecule has 0 aliphatic rings. The van der Waals surface area contributed by atoms with Gasteiger partial charge in [-0.15, -0.1) is 16.4 Å². The summed E-state index contributed by atoms with van der Waals surface area (Å²) in [5.41, 5.74) is 0.832. The van der Waals surface area contributed by atoms with Gasteiger partial charge >= 0.3 is 0 Å². The van der Waals surface area contributed by atoms with Gasteiger partial charge in [-0.2, -0.15) is 5.26 Å². The lowest BCUT2D eigenvalue weighted by Gasteiger charge is -2.07. The van der Waals surface area contributed by atoms with Crippen LogP contribution in [0.2, 0.25) is 0 Å². The molecule has 0 radical (unpaired) electrons. The highest BCUT2D eigenvalue weighted by Gasteiger charge is 2.29. The van der Waals surface area contributed by atoms with Crippen molar-refractivity contribution in [2.24, 2.45) is 5.92 Å². The summed E-state index contributed by atoms with van der Waals surface area (Å²) in [6, 6.07) is 11.7. The van der Waals surface area contributed by atoms with Crippen LogP contribution >= 0.6 is 11.3 Å². The van der Waals surface area contributed by atoms with Crippen molar-refractivity contribution < 1.29 is 9.59 Å². The van der Waals surface area contributed by atoms with E-state index in [1.165, 1.54) is 22.3 Å². The average Bonchev–Trinajstić information content (AvgIpc) is 3.27. The van der Waals surface area contributed by atoms with E-state index in [1.54, 1.807) is 36.4 Å². The topological polar surface area (TPSA) is 102 Å². The maximum absolute atomic E-state index is 12.6. The molecule has 8 heteroatoms. The number of nitriles is 1. The number of benzene rings is 1. The Hall–Kier alpha value is -3.18. The molecule has 118 valence electrons. The van der Waals surface area contributed by atoms with Gasteiger partial charge in [0.1, 0.15) is 6.33 Å². The van der Waals surface area contributed by atoms with Crippen molar-refractivity contribution in [2.45, 2.75) is 6.92 Å². The Kier molecular flexibility index (Phi) is 4.26. The van der Waals surface area contributed by atoms with E-state index in [1.807, 2.05) is 13.0 Å². The Bertz CT molecular complexity index is 940. The summed E-state index contributed by atoms with van der Waals surface area (Å²) >= 11 is 1.27. The van der Waals surface area contributed by atoms with Gasteiger partial charge in [0.25, 0.3) is 0 Å². The van der Waals surface area contributed by atoms with E-state index in [0.29, 0.717) is 10.6 Å². The molecule has 1 unspecified atom stereocenters. The maximum atomic E-state index is 12.6. The minimum Gasteiger partial charge on any atom is -0.292 e. The maximum Gasteiger partial charge on any atom is 0.197 e. The molecule has 0 amide bonds. The Morgan fingerprint density at radius 3 is 2.71 bits per heavy atom. The quantitative estimate of drug-likeness (QED) is 0.522. The fourth-order valence-electron chi connectivity index (χ4n) is 2.19. The smallest absolute Gasteiger partial charge is 0.197 e. The van der Waals surface area contributed by atoms with Crippen LogP contribution < -0.4 is 0 Å². The van der Waals surface area contributed by atoms with Crippen molar-refractivity contribution in [3.05, 3.63) is 58.0 Å². The lowest BCUT2D eigenvalue weighted by atomic mass is 9.94. The number of aryl methyl sites for hydroxylation is 1. The third kappa shape index (κ3) is 2.98. The fraction of sp³-hybridized carbons (Fsp3) is 0.125. The summed E-state index contributed by atoms with van der Waals surface area (Å²) in [5.74, 6) is -2.39. The first kappa shape index (κ1) is 15.7. The van der Waals surface area contributed by atoms with E-state index in [2.05, 4.69) is 15.5 Å². The van der Waals surface area contributed by atoms with Gasteiger partial charge < -0.3 is 0 Å². The number of rotatable bonds is 5. The number of carbonyl (C=O) groups is 2.